The number of nitrogens with one attached hydrogen (secondary N) is 1. The van der Waals surface area contributed by atoms with Crippen LogP contribution in [-0.2, 0) is 9.59 Å². The molecule has 0 spiro atoms. The first-order chi connectivity index (χ1) is 9.81. The van der Waals surface area contributed by atoms with Crippen LogP contribution in [0.3, 0.4) is 0 Å². The average Bonchev–Trinajstić information content (AvgIpc) is 2.39. The van der Waals surface area contributed by atoms with Crippen LogP contribution < -0.4 is 5.32 Å². The van der Waals surface area contributed by atoms with E-state index >= 15 is 0 Å². The molecule has 1 heterocycles. The molecule has 8 nitrogen and oxygen atoms in total. The maximum atomic E-state index is 12.1. The molecule has 1 aromatic heterocycles. The Kier molecular flexibility index (Phi) is 5.77. The van der Waals surface area contributed by atoms with Gasteiger partial charge in [0.1, 0.15) is 6.04 Å². The van der Waals surface area contributed by atoms with Gasteiger partial charge < -0.3 is 15.5 Å². The predicted octanol–water partition coefficient (Wildman–Crippen LogP) is 0.531. The lowest BCUT2D eigenvalue weighted by Crippen LogP contribution is -2.41. The number of carboxylic acid groups (broad SMARTS) is 2. The summed E-state index contributed by atoms with van der Waals surface area (Å²) >= 11 is 0. The first kappa shape index (κ1) is 16.5. The molecule has 21 heavy (non-hydrogen) atoms. The second kappa shape index (κ2) is 7.32. The van der Waals surface area contributed by atoms with Gasteiger partial charge in [0, 0.05) is 6.42 Å². The Bertz CT molecular complexity index is 559. The molecule has 1 atom stereocenters. The van der Waals surface area contributed by atoms with Crippen LogP contribution in [-0.4, -0.2) is 44.3 Å². The highest BCUT2D eigenvalue weighted by molar-refractivity contribution is 5.97. The van der Waals surface area contributed by atoms with Crippen molar-refractivity contribution in [2.75, 3.05) is 0 Å². The summed E-state index contributed by atoms with van der Waals surface area (Å²) in [4.78, 5) is 33.6. The van der Waals surface area contributed by atoms with E-state index in [0.717, 1.165) is 0 Å². The molecule has 0 aliphatic heterocycles. The lowest BCUT2D eigenvalue weighted by atomic mass is 10.1. The van der Waals surface area contributed by atoms with Crippen molar-refractivity contribution in [1.82, 2.24) is 15.5 Å². The number of carbonyl (C=O) groups is 3. The minimum Gasteiger partial charge on any atom is -0.481 e. The van der Waals surface area contributed by atoms with Gasteiger partial charge in [-0.3, -0.25) is 9.59 Å². The van der Waals surface area contributed by atoms with E-state index in [4.69, 9.17) is 10.2 Å². The third-order valence-corrected chi connectivity index (χ3v) is 2.83. The number of aromatic nitrogens is 2. The Hall–Kier alpha value is -2.51. The number of hydrogen-bond acceptors (Lipinski definition) is 5. The van der Waals surface area contributed by atoms with E-state index in [9.17, 15) is 14.4 Å². The number of aryl methyl sites for hydroxylation is 2. The first-order valence-corrected chi connectivity index (χ1v) is 6.37. The number of carboxylic acids is 2. The van der Waals surface area contributed by atoms with Crippen LogP contribution in [0.2, 0.25) is 0 Å². The third kappa shape index (κ3) is 5.17. The maximum Gasteiger partial charge on any atom is 0.326 e. The van der Waals surface area contributed by atoms with Crippen molar-refractivity contribution in [3.63, 3.8) is 0 Å². The molecule has 0 aliphatic carbocycles. The highest BCUT2D eigenvalue weighted by Gasteiger charge is 2.22. The summed E-state index contributed by atoms with van der Waals surface area (Å²) in [5.74, 6) is -2.77. The molecule has 1 rings (SSSR count). The smallest absolute Gasteiger partial charge is 0.326 e. The average molecular weight is 295 g/mol. The van der Waals surface area contributed by atoms with Crippen LogP contribution >= 0.6 is 0 Å². The molecule has 3 N–H and O–H groups in total. The van der Waals surface area contributed by atoms with Crippen molar-refractivity contribution >= 4 is 17.8 Å². The number of hydrogen-bond donors (Lipinski definition) is 3. The van der Waals surface area contributed by atoms with Crippen molar-refractivity contribution in [3.8, 4) is 0 Å². The second-order valence-electron chi connectivity index (χ2n) is 4.64. The van der Waals surface area contributed by atoms with Crippen molar-refractivity contribution in [2.45, 2.75) is 39.2 Å². The molecule has 1 aromatic rings. The Labute approximate surface area is 121 Å². The molecule has 0 aromatic carbocycles. The van der Waals surface area contributed by atoms with Crippen molar-refractivity contribution in [1.29, 1.82) is 0 Å². The summed E-state index contributed by atoms with van der Waals surface area (Å²) in [5.41, 5.74) is 1.20. The summed E-state index contributed by atoms with van der Waals surface area (Å²) in [6, 6.07) is 0.387. The standard InChI is InChI=1S/C13H17N3O5/c1-7-6-9(8(2)16-15-7)12(19)14-10(13(20)21)4-3-5-11(17)18/h6,10H,3-5H2,1-2H3,(H,14,19)(H,17,18)(H,20,21)/t10-/m1/s1. The van der Waals surface area contributed by atoms with Gasteiger partial charge in [-0.25, -0.2) is 4.79 Å². The summed E-state index contributed by atoms with van der Waals surface area (Å²) in [7, 11) is 0. The van der Waals surface area contributed by atoms with Crippen LogP contribution in [0, 0.1) is 13.8 Å². The zero-order valence-electron chi connectivity index (χ0n) is 11.8. The molecule has 114 valence electrons. The van der Waals surface area contributed by atoms with Gasteiger partial charge in [-0.2, -0.15) is 10.2 Å². The highest BCUT2D eigenvalue weighted by Crippen LogP contribution is 2.08. The first-order valence-electron chi connectivity index (χ1n) is 6.37. The van der Waals surface area contributed by atoms with Gasteiger partial charge in [0.2, 0.25) is 0 Å². The van der Waals surface area contributed by atoms with E-state index < -0.39 is 23.9 Å². The zero-order valence-corrected chi connectivity index (χ0v) is 11.8. The molecule has 0 saturated heterocycles. The largest absolute Gasteiger partial charge is 0.481 e. The Balaban J connectivity index is 2.74. The minimum absolute atomic E-state index is 0.0456. The normalized spacial score (nSPS) is 11.7. The summed E-state index contributed by atoms with van der Waals surface area (Å²) in [6.45, 7) is 3.27. The summed E-state index contributed by atoms with van der Waals surface area (Å²) in [5, 5.41) is 27.6. The number of aliphatic carboxylic acids is 2. The van der Waals surface area contributed by atoms with E-state index in [2.05, 4.69) is 15.5 Å². The van der Waals surface area contributed by atoms with E-state index in [0.29, 0.717) is 11.4 Å². The van der Waals surface area contributed by atoms with Gasteiger partial charge in [0.25, 0.3) is 5.91 Å². The molecular formula is C13H17N3O5. The van der Waals surface area contributed by atoms with Gasteiger partial charge in [-0.05, 0) is 32.8 Å². The second-order valence-corrected chi connectivity index (χ2v) is 4.64. The number of carbonyl (C=O) groups excluding carboxylic acids is 1. The quantitative estimate of drug-likeness (QED) is 0.669. The molecule has 0 aliphatic rings. The topological polar surface area (TPSA) is 129 Å². The van der Waals surface area contributed by atoms with Crippen molar-refractivity contribution in [3.05, 3.63) is 23.0 Å². The van der Waals surface area contributed by atoms with Gasteiger partial charge >= 0.3 is 11.9 Å². The SMILES string of the molecule is Cc1cc(C(=O)N[C@H](CCCC(=O)O)C(=O)O)c(C)nn1. The summed E-state index contributed by atoms with van der Waals surface area (Å²) in [6.07, 6.45) is 0.0672. The minimum atomic E-state index is -1.20. The molecule has 0 bridgehead atoms. The molecule has 1 amide bonds. The van der Waals surface area contributed by atoms with Gasteiger partial charge in [-0.1, -0.05) is 0 Å². The highest BCUT2D eigenvalue weighted by atomic mass is 16.4. The predicted molar refractivity (Wildman–Crippen MR) is 71.9 cm³/mol. The molecule has 0 saturated carbocycles. The van der Waals surface area contributed by atoms with Crippen molar-refractivity contribution in [2.24, 2.45) is 0 Å². The molecule has 0 radical (unpaired) electrons. The number of rotatable bonds is 7. The van der Waals surface area contributed by atoms with Gasteiger partial charge in [0.05, 0.1) is 17.0 Å². The fourth-order valence-corrected chi connectivity index (χ4v) is 1.73. The fraction of sp³-hybridized carbons (Fsp3) is 0.462. The third-order valence-electron chi connectivity index (χ3n) is 2.83. The van der Waals surface area contributed by atoms with Gasteiger partial charge in [-0.15, -0.1) is 0 Å². The van der Waals surface area contributed by atoms with Crippen molar-refractivity contribution < 1.29 is 24.6 Å². The monoisotopic (exact) mass is 295 g/mol. The maximum absolute atomic E-state index is 12.1. The van der Waals surface area contributed by atoms with Crippen LogP contribution in [0.4, 0.5) is 0 Å². The zero-order chi connectivity index (χ0) is 16.0. The number of amides is 1. The van der Waals surface area contributed by atoms with E-state index in [-0.39, 0.29) is 24.8 Å². The lowest BCUT2D eigenvalue weighted by molar-refractivity contribution is -0.140. The van der Waals surface area contributed by atoms with Crippen LogP contribution in [0.1, 0.15) is 41.0 Å². The molecular weight excluding hydrogens is 278 g/mol. The molecule has 0 unspecified atom stereocenters. The van der Waals surface area contributed by atoms with Crippen LogP contribution in [0.25, 0.3) is 0 Å². The van der Waals surface area contributed by atoms with E-state index in [1.165, 1.54) is 6.07 Å². The Morgan fingerprint density at radius 3 is 2.48 bits per heavy atom. The Morgan fingerprint density at radius 2 is 1.90 bits per heavy atom. The van der Waals surface area contributed by atoms with E-state index in [1.807, 2.05) is 0 Å². The lowest BCUT2D eigenvalue weighted by Gasteiger charge is -2.14. The fourth-order valence-electron chi connectivity index (χ4n) is 1.73. The van der Waals surface area contributed by atoms with Gasteiger partial charge in [0.15, 0.2) is 0 Å². The van der Waals surface area contributed by atoms with E-state index in [1.54, 1.807) is 13.8 Å². The van der Waals surface area contributed by atoms with Crippen LogP contribution in [0.15, 0.2) is 6.07 Å². The van der Waals surface area contributed by atoms with Crippen LogP contribution in [0.5, 0.6) is 0 Å². The summed E-state index contributed by atoms with van der Waals surface area (Å²) < 4.78 is 0. The Morgan fingerprint density at radius 1 is 1.24 bits per heavy atom. The number of nitrogens with zero attached hydrogens (tertiary/aromatic N) is 2. The molecule has 0 fully saturated rings. The molecule has 8 heteroatoms.